The Morgan fingerprint density at radius 1 is 0.310 bits per heavy atom. The summed E-state index contributed by atoms with van der Waals surface area (Å²) in [5.41, 5.74) is 0. The van der Waals surface area contributed by atoms with Crippen molar-refractivity contribution >= 4 is 11.9 Å². The maximum Gasteiger partial charge on any atom is 0.306 e. The van der Waals surface area contributed by atoms with Crippen LogP contribution in [0.25, 0.3) is 0 Å². The lowest BCUT2D eigenvalue weighted by Gasteiger charge is -2.15. The summed E-state index contributed by atoms with van der Waals surface area (Å²) < 4.78 is 10.7. The lowest BCUT2D eigenvalue weighted by atomic mass is 10.0. The molecule has 0 aliphatic heterocycles. The van der Waals surface area contributed by atoms with E-state index < -0.39 is 6.10 Å². The van der Waals surface area contributed by atoms with Gasteiger partial charge in [0.05, 0.1) is 6.61 Å². The molecular formula is C66H126O5. The fraction of sp³-hybridized carbons (Fsp3) is 0.909. The van der Waals surface area contributed by atoms with Gasteiger partial charge in [0.25, 0.3) is 0 Å². The minimum Gasteiger partial charge on any atom is -0.462 e. The van der Waals surface area contributed by atoms with Crippen LogP contribution >= 0.6 is 0 Å². The molecule has 0 rings (SSSR count). The molecule has 0 saturated carbocycles. The molecule has 5 nitrogen and oxygen atoms in total. The first-order chi connectivity index (χ1) is 35.1. The molecule has 71 heavy (non-hydrogen) atoms. The van der Waals surface area contributed by atoms with Crippen molar-refractivity contribution in [1.29, 1.82) is 0 Å². The number of allylic oxidation sites excluding steroid dienone is 4. The fourth-order valence-electron chi connectivity index (χ4n) is 10.1. The van der Waals surface area contributed by atoms with Gasteiger partial charge in [-0.25, -0.2) is 0 Å². The number of ether oxygens (including phenoxy) is 2. The molecule has 1 N–H and O–H groups in total. The van der Waals surface area contributed by atoms with Crippen molar-refractivity contribution in [2.45, 2.75) is 373 Å². The highest BCUT2D eigenvalue weighted by atomic mass is 16.6. The summed E-state index contributed by atoms with van der Waals surface area (Å²) in [4.78, 5) is 24.5. The summed E-state index contributed by atoms with van der Waals surface area (Å²) in [7, 11) is 0. The van der Waals surface area contributed by atoms with Crippen molar-refractivity contribution in [3.8, 4) is 0 Å². The van der Waals surface area contributed by atoms with Crippen LogP contribution in [0.15, 0.2) is 24.3 Å². The van der Waals surface area contributed by atoms with Crippen LogP contribution in [0.3, 0.4) is 0 Å². The highest BCUT2D eigenvalue weighted by Gasteiger charge is 2.16. The van der Waals surface area contributed by atoms with Gasteiger partial charge < -0.3 is 14.6 Å². The Labute approximate surface area is 444 Å². The van der Waals surface area contributed by atoms with E-state index in [0.29, 0.717) is 12.8 Å². The maximum absolute atomic E-state index is 12.3. The molecule has 420 valence electrons. The Morgan fingerprint density at radius 3 is 0.761 bits per heavy atom. The molecule has 0 aromatic carbocycles. The minimum absolute atomic E-state index is 0.0620. The normalized spacial score (nSPS) is 12.2. The zero-order valence-corrected chi connectivity index (χ0v) is 48.3. The van der Waals surface area contributed by atoms with Crippen LogP contribution in [0.1, 0.15) is 367 Å². The second kappa shape index (κ2) is 62.7. The Hall–Kier alpha value is -1.62. The van der Waals surface area contributed by atoms with E-state index >= 15 is 0 Å². The maximum atomic E-state index is 12.3. The molecular weight excluding hydrogens is 873 g/mol. The average molecular weight is 1000 g/mol. The number of carbonyl (C=O) groups excluding carboxylic acids is 2. The number of unbranched alkanes of at least 4 members (excludes halogenated alkanes) is 49. The van der Waals surface area contributed by atoms with Gasteiger partial charge in [0.15, 0.2) is 6.10 Å². The molecule has 0 saturated heterocycles. The largest absolute Gasteiger partial charge is 0.462 e. The smallest absolute Gasteiger partial charge is 0.306 e. The fourth-order valence-corrected chi connectivity index (χ4v) is 10.1. The Morgan fingerprint density at radius 2 is 0.521 bits per heavy atom. The van der Waals surface area contributed by atoms with Crippen molar-refractivity contribution in [2.75, 3.05) is 13.2 Å². The predicted molar refractivity (Wildman–Crippen MR) is 311 cm³/mol. The van der Waals surface area contributed by atoms with Crippen molar-refractivity contribution in [3.63, 3.8) is 0 Å². The van der Waals surface area contributed by atoms with Crippen LogP contribution in [0, 0.1) is 0 Å². The third kappa shape index (κ3) is 60.8. The van der Waals surface area contributed by atoms with E-state index in [0.717, 1.165) is 38.5 Å². The zero-order valence-electron chi connectivity index (χ0n) is 48.3. The van der Waals surface area contributed by atoms with Gasteiger partial charge in [0, 0.05) is 12.8 Å². The van der Waals surface area contributed by atoms with E-state index in [1.165, 1.54) is 302 Å². The van der Waals surface area contributed by atoms with Crippen LogP contribution in [0.5, 0.6) is 0 Å². The van der Waals surface area contributed by atoms with E-state index in [2.05, 4.69) is 38.2 Å². The molecule has 0 aliphatic carbocycles. The van der Waals surface area contributed by atoms with Gasteiger partial charge in [-0.05, 0) is 64.2 Å². The summed E-state index contributed by atoms with van der Waals surface area (Å²) in [6, 6.07) is 0. The number of esters is 2. The number of hydrogen-bond acceptors (Lipinski definition) is 5. The van der Waals surface area contributed by atoms with Gasteiger partial charge >= 0.3 is 11.9 Å². The molecule has 1 atom stereocenters. The second-order valence-electron chi connectivity index (χ2n) is 22.2. The minimum atomic E-state index is -0.770. The molecule has 0 aliphatic rings. The van der Waals surface area contributed by atoms with Gasteiger partial charge in [-0.3, -0.25) is 9.59 Å². The molecule has 0 bridgehead atoms. The quantitative estimate of drug-likeness (QED) is 0.0373. The lowest BCUT2D eigenvalue weighted by Crippen LogP contribution is -2.28. The van der Waals surface area contributed by atoms with Crippen LogP contribution in [-0.4, -0.2) is 36.4 Å². The first kappa shape index (κ1) is 69.4. The monoisotopic (exact) mass is 999 g/mol. The number of carbonyl (C=O) groups is 2. The van der Waals surface area contributed by atoms with Crippen molar-refractivity contribution in [1.82, 2.24) is 0 Å². The van der Waals surface area contributed by atoms with E-state index in [-0.39, 0.29) is 25.2 Å². The molecule has 0 amide bonds. The lowest BCUT2D eigenvalue weighted by molar-refractivity contribution is -0.161. The van der Waals surface area contributed by atoms with Gasteiger partial charge in [-0.2, -0.15) is 0 Å². The van der Waals surface area contributed by atoms with Gasteiger partial charge in [0.2, 0.25) is 0 Å². The average Bonchev–Trinajstić information content (AvgIpc) is 3.37. The highest BCUT2D eigenvalue weighted by molar-refractivity contribution is 5.70. The van der Waals surface area contributed by atoms with Gasteiger partial charge in [0.1, 0.15) is 6.61 Å². The predicted octanol–water partition coefficient (Wildman–Crippen LogP) is 22.0. The number of rotatable bonds is 61. The number of hydrogen-bond donors (Lipinski definition) is 1. The number of aliphatic hydroxyl groups is 1. The summed E-state index contributed by atoms with van der Waals surface area (Å²) in [5.74, 6) is -0.575. The van der Waals surface area contributed by atoms with Gasteiger partial charge in [-0.1, -0.05) is 314 Å². The van der Waals surface area contributed by atoms with E-state index in [9.17, 15) is 14.7 Å². The topological polar surface area (TPSA) is 72.8 Å². The van der Waals surface area contributed by atoms with Crippen molar-refractivity contribution < 1.29 is 24.2 Å². The van der Waals surface area contributed by atoms with E-state index in [1.807, 2.05) is 0 Å². The first-order valence-corrected chi connectivity index (χ1v) is 32.4. The Kier molecular flexibility index (Phi) is 61.2. The van der Waals surface area contributed by atoms with Gasteiger partial charge in [-0.15, -0.1) is 0 Å². The molecule has 0 spiro atoms. The van der Waals surface area contributed by atoms with Crippen LogP contribution in [0.4, 0.5) is 0 Å². The highest BCUT2D eigenvalue weighted by Crippen LogP contribution is 2.18. The Balaban J connectivity index is 3.36. The molecule has 0 fully saturated rings. The van der Waals surface area contributed by atoms with Crippen LogP contribution in [0.2, 0.25) is 0 Å². The molecule has 0 heterocycles. The summed E-state index contributed by atoms with van der Waals surface area (Å²) in [6.45, 7) is 4.19. The SMILES string of the molecule is CCCCCCCCC/C=C\CCCCCCCCCC(=O)OCC(CO)OC(=O)CCCCCCCCCCCCCCCCCCCCCCCCCCCCC/C=C\CCCCCCCCCC. The third-order valence-corrected chi connectivity index (χ3v) is 15.0. The third-order valence-electron chi connectivity index (χ3n) is 15.0. The molecule has 1 unspecified atom stereocenters. The van der Waals surface area contributed by atoms with Crippen LogP contribution < -0.4 is 0 Å². The summed E-state index contributed by atoms with van der Waals surface area (Å²) in [5, 5.41) is 9.66. The molecule has 0 radical (unpaired) electrons. The van der Waals surface area contributed by atoms with E-state index in [4.69, 9.17) is 9.47 Å². The molecule has 5 heteroatoms. The van der Waals surface area contributed by atoms with E-state index in [1.54, 1.807) is 0 Å². The second-order valence-corrected chi connectivity index (χ2v) is 22.2. The zero-order chi connectivity index (χ0) is 51.3. The molecule has 0 aromatic heterocycles. The summed E-state index contributed by atoms with van der Waals surface area (Å²) >= 11 is 0. The molecule has 0 aromatic rings. The number of aliphatic hydroxyl groups excluding tert-OH is 1. The van der Waals surface area contributed by atoms with Crippen LogP contribution in [-0.2, 0) is 19.1 Å². The standard InChI is InChI=1S/C66H126O5/c1-3-5-7-9-11-13-15-17-19-21-23-24-25-26-27-28-29-30-31-32-33-34-35-36-37-38-39-40-41-42-43-45-47-49-51-53-55-57-59-61-66(69)71-64(62-67)63-70-65(68)60-58-56-54-52-50-48-46-44-22-20-18-16-14-12-10-8-6-4-2/h20-23,64,67H,3-19,24-63H2,1-2H3/b22-20-,23-21-. The van der Waals surface area contributed by atoms with Crippen molar-refractivity contribution in [3.05, 3.63) is 24.3 Å². The Bertz CT molecular complexity index is 1080. The first-order valence-electron chi connectivity index (χ1n) is 32.4. The van der Waals surface area contributed by atoms with Crippen molar-refractivity contribution in [2.24, 2.45) is 0 Å². The summed E-state index contributed by atoms with van der Waals surface area (Å²) in [6.07, 6.45) is 80.6.